The van der Waals surface area contributed by atoms with Crippen molar-refractivity contribution in [1.29, 1.82) is 0 Å². The second-order valence-corrected chi connectivity index (χ2v) is 4.70. The highest BCUT2D eigenvalue weighted by Crippen LogP contribution is 2.33. The fourth-order valence-corrected chi connectivity index (χ4v) is 2.01. The van der Waals surface area contributed by atoms with Gasteiger partial charge in [0.25, 0.3) is 11.7 Å². The Hall–Kier alpha value is -2.31. The number of hydrogen-bond acceptors (Lipinski definition) is 3. The van der Waals surface area contributed by atoms with Gasteiger partial charge in [0.2, 0.25) is 5.91 Å². The van der Waals surface area contributed by atoms with Gasteiger partial charge in [0.15, 0.2) is 0 Å². The van der Waals surface area contributed by atoms with Crippen molar-refractivity contribution in [2.45, 2.75) is 19.9 Å². The van der Waals surface area contributed by atoms with Gasteiger partial charge in [-0.05, 0) is 26.0 Å². The monoisotopic (exact) mass is 282 g/mol. The molecular formula is C13H12F2N2O3. The number of anilines is 1. The number of nitrogens with zero attached hydrogens (tertiary/aromatic N) is 1. The molecule has 0 aliphatic carbocycles. The summed E-state index contributed by atoms with van der Waals surface area (Å²) in [5, 5.41) is 2.51. The molecule has 0 saturated heterocycles. The van der Waals surface area contributed by atoms with E-state index >= 15 is 0 Å². The highest BCUT2D eigenvalue weighted by atomic mass is 19.1. The number of halogens is 2. The summed E-state index contributed by atoms with van der Waals surface area (Å²) >= 11 is 0. The molecule has 0 fully saturated rings. The molecule has 0 atom stereocenters. The smallest absolute Gasteiger partial charge is 0.300 e. The molecule has 1 N–H and O–H groups in total. The van der Waals surface area contributed by atoms with E-state index in [1.807, 2.05) is 0 Å². The lowest BCUT2D eigenvalue weighted by Gasteiger charge is -2.17. The van der Waals surface area contributed by atoms with Crippen molar-refractivity contribution in [2.75, 3.05) is 11.4 Å². The fourth-order valence-electron chi connectivity index (χ4n) is 2.01. The molecule has 106 valence electrons. The van der Waals surface area contributed by atoms with Gasteiger partial charge in [0.05, 0.1) is 11.3 Å². The largest absolute Gasteiger partial charge is 0.352 e. The number of nitrogens with one attached hydrogen (secondary N) is 1. The molecule has 1 aromatic rings. The van der Waals surface area contributed by atoms with E-state index in [-0.39, 0.29) is 6.04 Å². The van der Waals surface area contributed by atoms with E-state index in [4.69, 9.17) is 0 Å². The molecule has 20 heavy (non-hydrogen) atoms. The molecule has 1 heterocycles. The zero-order valence-corrected chi connectivity index (χ0v) is 10.9. The topological polar surface area (TPSA) is 66.5 Å². The minimum atomic E-state index is -1.14. The van der Waals surface area contributed by atoms with Gasteiger partial charge in [-0.2, -0.15) is 0 Å². The standard InChI is InChI=1S/C13H12F2N2O3/c1-6(2)16-9(18)5-17-11-8(15)4-3-7(14)10(11)12(19)13(17)20/h3-4,6H,5H2,1-2H3,(H,16,18). The van der Waals surface area contributed by atoms with Crippen molar-refractivity contribution in [2.24, 2.45) is 0 Å². The predicted molar refractivity (Wildman–Crippen MR) is 66.3 cm³/mol. The third-order valence-corrected chi connectivity index (χ3v) is 2.77. The Bertz CT molecular complexity index is 614. The summed E-state index contributed by atoms with van der Waals surface area (Å²) < 4.78 is 27.3. The van der Waals surface area contributed by atoms with Crippen LogP contribution in [0.4, 0.5) is 14.5 Å². The van der Waals surface area contributed by atoms with Gasteiger partial charge in [0.1, 0.15) is 18.2 Å². The minimum Gasteiger partial charge on any atom is -0.352 e. The lowest BCUT2D eigenvalue weighted by molar-refractivity contribution is -0.122. The lowest BCUT2D eigenvalue weighted by atomic mass is 10.1. The normalized spacial score (nSPS) is 13.9. The molecule has 2 rings (SSSR count). The first-order chi connectivity index (χ1) is 9.32. The van der Waals surface area contributed by atoms with Gasteiger partial charge in [-0.3, -0.25) is 19.3 Å². The molecule has 0 unspecified atom stereocenters. The van der Waals surface area contributed by atoms with Crippen molar-refractivity contribution in [3.63, 3.8) is 0 Å². The van der Waals surface area contributed by atoms with Gasteiger partial charge >= 0.3 is 0 Å². The first-order valence-corrected chi connectivity index (χ1v) is 5.96. The quantitative estimate of drug-likeness (QED) is 0.842. The number of carbonyl (C=O) groups is 3. The Balaban J connectivity index is 2.38. The number of ketones is 1. The number of amides is 2. The van der Waals surface area contributed by atoms with Crippen LogP contribution in [0.1, 0.15) is 24.2 Å². The molecule has 1 aliphatic heterocycles. The summed E-state index contributed by atoms with van der Waals surface area (Å²) in [7, 11) is 0. The van der Waals surface area contributed by atoms with Crippen LogP contribution >= 0.6 is 0 Å². The molecule has 5 nitrogen and oxygen atoms in total. The maximum absolute atomic E-state index is 13.7. The van der Waals surface area contributed by atoms with E-state index in [1.54, 1.807) is 13.8 Å². The molecule has 0 saturated carbocycles. The van der Waals surface area contributed by atoms with Crippen LogP contribution in [0.2, 0.25) is 0 Å². The van der Waals surface area contributed by atoms with Crippen LogP contribution in [0.15, 0.2) is 12.1 Å². The first kappa shape index (κ1) is 14.1. The highest BCUT2D eigenvalue weighted by molar-refractivity contribution is 6.52. The Labute approximate surface area is 113 Å². The SMILES string of the molecule is CC(C)NC(=O)CN1C(=O)C(=O)c2c(F)ccc(F)c21. The molecule has 1 aromatic carbocycles. The van der Waals surface area contributed by atoms with Crippen molar-refractivity contribution < 1.29 is 23.2 Å². The van der Waals surface area contributed by atoms with Crippen LogP contribution in [0.5, 0.6) is 0 Å². The number of Topliss-reactive ketones (excluding diaryl/α,β-unsaturated/α-hetero) is 1. The molecular weight excluding hydrogens is 270 g/mol. The lowest BCUT2D eigenvalue weighted by Crippen LogP contribution is -2.42. The summed E-state index contributed by atoms with van der Waals surface area (Å²) in [6.45, 7) is 2.89. The molecule has 2 amide bonds. The Morgan fingerprint density at radius 1 is 1.25 bits per heavy atom. The van der Waals surface area contributed by atoms with Crippen LogP contribution in [0.3, 0.4) is 0 Å². The fraction of sp³-hybridized carbons (Fsp3) is 0.308. The molecule has 7 heteroatoms. The van der Waals surface area contributed by atoms with Crippen LogP contribution in [0.25, 0.3) is 0 Å². The van der Waals surface area contributed by atoms with Gasteiger partial charge in [-0.15, -0.1) is 0 Å². The number of hydrogen-bond donors (Lipinski definition) is 1. The molecule has 0 aromatic heterocycles. The maximum atomic E-state index is 13.7. The number of fused-ring (bicyclic) bond motifs is 1. The Morgan fingerprint density at radius 3 is 2.45 bits per heavy atom. The van der Waals surface area contributed by atoms with Crippen LogP contribution < -0.4 is 10.2 Å². The van der Waals surface area contributed by atoms with E-state index in [2.05, 4.69) is 5.32 Å². The Morgan fingerprint density at radius 2 is 1.85 bits per heavy atom. The van der Waals surface area contributed by atoms with Gasteiger partial charge in [-0.25, -0.2) is 8.78 Å². The average molecular weight is 282 g/mol. The summed E-state index contributed by atoms with van der Waals surface area (Å²) in [5.41, 5.74) is -1.09. The number of carbonyl (C=O) groups excluding carboxylic acids is 3. The zero-order valence-electron chi connectivity index (χ0n) is 10.9. The van der Waals surface area contributed by atoms with E-state index in [9.17, 15) is 23.2 Å². The van der Waals surface area contributed by atoms with Crippen molar-refractivity contribution in [3.8, 4) is 0 Å². The van der Waals surface area contributed by atoms with E-state index in [0.717, 1.165) is 12.1 Å². The second-order valence-electron chi connectivity index (χ2n) is 4.70. The summed E-state index contributed by atoms with van der Waals surface area (Å²) in [5.74, 6) is -4.71. The second kappa shape index (κ2) is 4.99. The van der Waals surface area contributed by atoms with Gasteiger partial charge in [0, 0.05) is 6.04 Å². The van der Waals surface area contributed by atoms with Gasteiger partial charge < -0.3 is 5.32 Å². The summed E-state index contributed by atoms with van der Waals surface area (Å²) in [4.78, 5) is 35.7. The summed E-state index contributed by atoms with van der Waals surface area (Å²) in [6.07, 6.45) is 0. The average Bonchev–Trinajstić information content (AvgIpc) is 2.59. The van der Waals surface area contributed by atoms with Crippen LogP contribution in [-0.2, 0) is 9.59 Å². The third-order valence-electron chi connectivity index (χ3n) is 2.77. The zero-order chi connectivity index (χ0) is 15.0. The van der Waals surface area contributed by atoms with Gasteiger partial charge in [-0.1, -0.05) is 0 Å². The molecule has 1 aliphatic rings. The third kappa shape index (κ3) is 2.26. The van der Waals surface area contributed by atoms with Crippen molar-refractivity contribution in [3.05, 3.63) is 29.3 Å². The Kier molecular flexibility index (Phi) is 3.52. The number of benzene rings is 1. The van der Waals surface area contributed by atoms with E-state index in [1.165, 1.54) is 0 Å². The van der Waals surface area contributed by atoms with Crippen molar-refractivity contribution in [1.82, 2.24) is 5.32 Å². The first-order valence-electron chi connectivity index (χ1n) is 5.96. The predicted octanol–water partition coefficient (Wildman–Crippen LogP) is 1.02. The number of rotatable bonds is 3. The van der Waals surface area contributed by atoms with E-state index < -0.39 is 47.0 Å². The molecule has 0 spiro atoms. The maximum Gasteiger partial charge on any atom is 0.300 e. The molecule has 0 radical (unpaired) electrons. The highest BCUT2D eigenvalue weighted by Gasteiger charge is 2.41. The van der Waals surface area contributed by atoms with Crippen LogP contribution in [0, 0.1) is 11.6 Å². The minimum absolute atomic E-state index is 0.173. The van der Waals surface area contributed by atoms with Crippen molar-refractivity contribution >= 4 is 23.3 Å². The van der Waals surface area contributed by atoms with Crippen LogP contribution in [-0.4, -0.2) is 30.2 Å². The summed E-state index contributed by atoms with van der Waals surface area (Å²) in [6, 6.07) is 1.41. The molecule has 0 bridgehead atoms. The van der Waals surface area contributed by atoms with E-state index in [0.29, 0.717) is 4.90 Å².